The predicted molar refractivity (Wildman–Crippen MR) is 70.4 cm³/mol. The zero-order chi connectivity index (χ0) is 14.0. The molecule has 1 saturated heterocycles. The molecule has 6 nitrogen and oxygen atoms in total. The summed E-state index contributed by atoms with van der Waals surface area (Å²) in [5, 5.41) is 3.00. The van der Waals surface area contributed by atoms with Crippen LogP contribution in [0.2, 0.25) is 5.02 Å². The number of imide groups is 1. The second kappa shape index (κ2) is 5.27. The first-order valence-electron chi connectivity index (χ1n) is 5.65. The van der Waals surface area contributed by atoms with E-state index in [-0.39, 0.29) is 31.2 Å². The summed E-state index contributed by atoms with van der Waals surface area (Å²) in [5.74, 6) is -1.13. The largest absolute Gasteiger partial charge is 0.397 e. The molecule has 0 radical (unpaired) electrons. The lowest BCUT2D eigenvalue weighted by Gasteiger charge is -2.14. The van der Waals surface area contributed by atoms with Gasteiger partial charge in [0.05, 0.1) is 11.4 Å². The number of anilines is 2. The van der Waals surface area contributed by atoms with Crippen molar-refractivity contribution in [2.45, 2.75) is 12.8 Å². The summed E-state index contributed by atoms with van der Waals surface area (Å²) < 4.78 is 0. The molecule has 0 aromatic heterocycles. The number of halogens is 1. The lowest BCUT2D eigenvalue weighted by Crippen LogP contribution is -2.36. The number of hydrogen-bond donors (Lipinski definition) is 2. The van der Waals surface area contributed by atoms with Gasteiger partial charge in [0.15, 0.2) is 0 Å². The maximum absolute atomic E-state index is 11.8. The third kappa shape index (κ3) is 3.03. The zero-order valence-corrected chi connectivity index (χ0v) is 10.7. The highest BCUT2D eigenvalue weighted by Gasteiger charge is 2.30. The van der Waals surface area contributed by atoms with Crippen LogP contribution in [0.1, 0.15) is 12.8 Å². The Kier molecular flexibility index (Phi) is 3.71. The fraction of sp³-hybridized carbons (Fsp3) is 0.250. The molecule has 1 heterocycles. The van der Waals surface area contributed by atoms with Crippen molar-refractivity contribution in [1.82, 2.24) is 4.90 Å². The van der Waals surface area contributed by atoms with Gasteiger partial charge in [0.1, 0.15) is 6.54 Å². The van der Waals surface area contributed by atoms with Crippen LogP contribution in [-0.2, 0) is 14.4 Å². The van der Waals surface area contributed by atoms with Gasteiger partial charge in [-0.15, -0.1) is 0 Å². The van der Waals surface area contributed by atoms with Crippen molar-refractivity contribution >= 4 is 40.7 Å². The number of hydrogen-bond acceptors (Lipinski definition) is 4. The van der Waals surface area contributed by atoms with Gasteiger partial charge in [-0.2, -0.15) is 0 Å². The molecule has 3 amide bonds. The number of rotatable bonds is 3. The predicted octanol–water partition coefficient (Wildman–Crippen LogP) is 1.01. The number of nitrogen functional groups attached to an aromatic ring is 1. The summed E-state index contributed by atoms with van der Waals surface area (Å²) in [4.78, 5) is 35.4. The van der Waals surface area contributed by atoms with E-state index in [9.17, 15) is 14.4 Å². The van der Waals surface area contributed by atoms with E-state index in [4.69, 9.17) is 17.3 Å². The molecule has 0 atom stereocenters. The van der Waals surface area contributed by atoms with Gasteiger partial charge in [-0.3, -0.25) is 19.3 Å². The Morgan fingerprint density at radius 1 is 1.32 bits per heavy atom. The van der Waals surface area contributed by atoms with Crippen molar-refractivity contribution in [3.63, 3.8) is 0 Å². The van der Waals surface area contributed by atoms with E-state index >= 15 is 0 Å². The number of nitrogens with zero attached hydrogens (tertiary/aromatic N) is 1. The van der Waals surface area contributed by atoms with Crippen molar-refractivity contribution < 1.29 is 14.4 Å². The van der Waals surface area contributed by atoms with Crippen LogP contribution < -0.4 is 11.1 Å². The number of amides is 3. The molecule has 0 bridgehead atoms. The molecular formula is C12H12ClN3O3. The average molecular weight is 282 g/mol. The highest BCUT2D eigenvalue weighted by Crippen LogP contribution is 2.22. The summed E-state index contributed by atoms with van der Waals surface area (Å²) in [7, 11) is 0. The van der Waals surface area contributed by atoms with Gasteiger partial charge in [-0.1, -0.05) is 11.6 Å². The second-order valence-electron chi connectivity index (χ2n) is 4.15. The molecular weight excluding hydrogens is 270 g/mol. The number of carbonyl (C=O) groups is 3. The van der Waals surface area contributed by atoms with Gasteiger partial charge in [-0.05, 0) is 18.2 Å². The fourth-order valence-electron chi connectivity index (χ4n) is 1.78. The molecule has 0 saturated carbocycles. The summed E-state index contributed by atoms with van der Waals surface area (Å²) in [5.41, 5.74) is 6.40. The first kappa shape index (κ1) is 13.4. The molecule has 1 aliphatic rings. The summed E-state index contributed by atoms with van der Waals surface area (Å²) >= 11 is 5.74. The number of nitrogens with one attached hydrogen (secondary N) is 1. The molecule has 1 aromatic carbocycles. The molecule has 1 aromatic rings. The first-order chi connectivity index (χ1) is 8.97. The van der Waals surface area contributed by atoms with Crippen molar-refractivity contribution in [1.29, 1.82) is 0 Å². The maximum atomic E-state index is 11.8. The van der Waals surface area contributed by atoms with E-state index < -0.39 is 5.91 Å². The van der Waals surface area contributed by atoms with Crippen LogP contribution in [0.3, 0.4) is 0 Å². The van der Waals surface area contributed by atoms with Gasteiger partial charge < -0.3 is 11.1 Å². The lowest BCUT2D eigenvalue weighted by molar-refractivity contribution is -0.141. The van der Waals surface area contributed by atoms with E-state index in [1.807, 2.05) is 0 Å². The molecule has 19 heavy (non-hydrogen) atoms. The van der Waals surface area contributed by atoms with Crippen LogP contribution in [0.25, 0.3) is 0 Å². The summed E-state index contributed by atoms with van der Waals surface area (Å²) in [6.07, 6.45) is 0.324. The lowest BCUT2D eigenvalue weighted by atomic mass is 10.2. The Morgan fingerprint density at radius 3 is 2.53 bits per heavy atom. The first-order valence-corrected chi connectivity index (χ1v) is 6.03. The molecule has 7 heteroatoms. The molecule has 2 rings (SSSR count). The van der Waals surface area contributed by atoms with Gasteiger partial charge >= 0.3 is 0 Å². The average Bonchev–Trinajstić information content (AvgIpc) is 2.65. The van der Waals surface area contributed by atoms with Crippen molar-refractivity contribution in [2.24, 2.45) is 0 Å². The highest BCUT2D eigenvalue weighted by atomic mass is 35.5. The van der Waals surface area contributed by atoms with Crippen LogP contribution in [-0.4, -0.2) is 29.2 Å². The SMILES string of the molecule is Nc1cc(Cl)ccc1NC(=O)CN1C(=O)CCC1=O. The van der Waals surface area contributed by atoms with Crippen LogP contribution in [0, 0.1) is 0 Å². The van der Waals surface area contributed by atoms with E-state index in [0.29, 0.717) is 16.4 Å². The van der Waals surface area contributed by atoms with E-state index in [1.165, 1.54) is 6.07 Å². The highest BCUT2D eigenvalue weighted by molar-refractivity contribution is 6.31. The Labute approximate surface area is 114 Å². The molecule has 1 fully saturated rings. The maximum Gasteiger partial charge on any atom is 0.244 e. The van der Waals surface area contributed by atoms with Gasteiger partial charge in [0, 0.05) is 17.9 Å². The van der Waals surface area contributed by atoms with E-state index in [1.54, 1.807) is 12.1 Å². The Bertz CT molecular complexity index is 543. The number of likely N-dealkylation sites (tertiary alicyclic amines) is 1. The standard InChI is InChI=1S/C12H12ClN3O3/c13-7-1-2-9(8(14)5-7)15-10(17)6-16-11(18)3-4-12(16)19/h1-2,5H,3-4,6,14H2,(H,15,17). The van der Waals surface area contributed by atoms with Gasteiger partial charge in [-0.25, -0.2) is 0 Å². The third-order valence-corrected chi connectivity index (χ3v) is 2.98. The fourth-order valence-corrected chi connectivity index (χ4v) is 1.96. The van der Waals surface area contributed by atoms with Crippen LogP contribution in [0.5, 0.6) is 0 Å². The van der Waals surface area contributed by atoms with Gasteiger partial charge in [0.25, 0.3) is 0 Å². The molecule has 0 unspecified atom stereocenters. The molecule has 0 spiro atoms. The van der Waals surface area contributed by atoms with Crippen LogP contribution in [0.4, 0.5) is 11.4 Å². The third-order valence-electron chi connectivity index (χ3n) is 2.74. The van der Waals surface area contributed by atoms with Crippen molar-refractivity contribution in [3.05, 3.63) is 23.2 Å². The second-order valence-corrected chi connectivity index (χ2v) is 4.59. The summed E-state index contributed by atoms with van der Waals surface area (Å²) in [6, 6.07) is 4.65. The minimum Gasteiger partial charge on any atom is -0.397 e. The van der Waals surface area contributed by atoms with E-state index in [0.717, 1.165) is 4.90 Å². The molecule has 100 valence electrons. The normalized spacial score (nSPS) is 14.9. The number of nitrogens with two attached hydrogens (primary N) is 1. The Balaban J connectivity index is 2.01. The number of benzene rings is 1. The topological polar surface area (TPSA) is 92.5 Å². The van der Waals surface area contributed by atoms with Gasteiger partial charge in [0.2, 0.25) is 17.7 Å². The Hall–Kier alpha value is -2.08. The van der Waals surface area contributed by atoms with Crippen LogP contribution in [0.15, 0.2) is 18.2 Å². The monoisotopic (exact) mass is 281 g/mol. The van der Waals surface area contributed by atoms with Crippen molar-refractivity contribution in [3.8, 4) is 0 Å². The molecule has 0 aliphatic carbocycles. The minimum absolute atomic E-state index is 0.162. The van der Waals surface area contributed by atoms with Crippen LogP contribution >= 0.6 is 11.6 Å². The Morgan fingerprint density at radius 2 is 1.95 bits per heavy atom. The molecule has 1 aliphatic heterocycles. The number of carbonyl (C=O) groups excluding carboxylic acids is 3. The quantitative estimate of drug-likeness (QED) is 0.639. The van der Waals surface area contributed by atoms with Crippen molar-refractivity contribution in [2.75, 3.05) is 17.6 Å². The summed E-state index contributed by atoms with van der Waals surface area (Å²) in [6.45, 7) is -0.292. The van der Waals surface area contributed by atoms with E-state index in [2.05, 4.69) is 5.32 Å². The minimum atomic E-state index is -0.474. The zero-order valence-electron chi connectivity index (χ0n) is 9.98. The smallest absolute Gasteiger partial charge is 0.244 e. The molecule has 3 N–H and O–H groups in total.